The quantitative estimate of drug-likeness (QED) is 0.780. The SMILES string of the molecule is COc1cccc(NC(=O)COC(=O)c2ccc(CC(C)C)cc2)c1. The first-order chi connectivity index (χ1) is 12.0. The van der Waals surface area contributed by atoms with Crippen molar-refractivity contribution >= 4 is 17.6 Å². The Balaban J connectivity index is 1.85. The Hall–Kier alpha value is -2.82. The summed E-state index contributed by atoms with van der Waals surface area (Å²) in [6.07, 6.45) is 0.957. The smallest absolute Gasteiger partial charge is 0.338 e. The third kappa shape index (κ3) is 5.95. The summed E-state index contributed by atoms with van der Waals surface area (Å²) >= 11 is 0. The van der Waals surface area contributed by atoms with Crippen molar-refractivity contribution in [2.45, 2.75) is 20.3 Å². The van der Waals surface area contributed by atoms with Gasteiger partial charge in [0.25, 0.3) is 5.91 Å². The molecule has 1 N–H and O–H groups in total. The van der Waals surface area contributed by atoms with E-state index in [1.165, 1.54) is 5.56 Å². The van der Waals surface area contributed by atoms with Crippen LogP contribution in [0.15, 0.2) is 48.5 Å². The number of carbonyl (C=O) groups excluding carboxylic acids is 2. The van der Waals surface area contributed by atoms with Crippen molar-refractivity contribution in [2.75, 3.05) is 19.0 Å². The monoisotopic (exact) mass is 341 g/mol. The number of benzene rings is 2. The van der Waals surface area contributed by atoms with Gasteiger partial charge in [0.15, 0.2) is 6.61 Å². The van der Waals surface area contributed by atoms with Crippen molar-refractivity contribution in [1.82, 2.24) is 0 Å². The molecule has 0 fully saturated rings. The maximum atomic E-state index is 12.0. The molecule has 1 amide bonds. The highest BCUT2D eigenvalue weighted by Gasteiger charge is 2.11. The van der Waals surface area contributed by atoms with Crippen molar-refractivity contribution in [1.29, 1.82) is 0 Å². The minimum atomic E-state index is -0.517. The Morgan fingerprint density at radius 3 is 2.44 bits per heavy atom. The van der Waals surface area contributed by atoms with Crippen LogP contribution in [0.4, 0.5) is 5.69 Å². The molecule has 25 heavy (non-hydrogen) atoms. The molecular formula is C20H23NO4. The van der Waals surface area contributed by atoms with Gasteiger partial charge in [-0.25, -0.2) is 4.79 Å². The zero-order valence-corrected chi connectivity index (χ0v) is 14.7. The Bertz CT molecular complexity index is 723. The second kappa shape index (κ2) is 8.87. The molecule has 0 unspecified atom stereocenters. The molecule has 0 aromatic heterocycles. The van der Waals surface area contributed by atoms with E-state index in [0.717, 1.165) is 6.42 Å². The van der Waals surface area contributed by atoms with Gasteiger partial charge in [-0.3, -0.25) is 4.79 Å². The largest absolute Gasteiger partial charge is 0.497 e. The Kier molecular flexibility index (Phi) is 6.57. The van der Waals surface area contributed by atoms with Gasteiger partial charge in [0.1, 0.15) is 5.75 Å². The maximum absolute atomic E-state index is 12.0. The van der Waals surface area contributed by atoms with Crippen LogP contribution >= 0.6 is 0 Å². The van der Waals surface area contributed by atoms with Gasteiger partial charge in [0.05, 0.1) is 12.7 Å². The normalized spacial score (nSPS) is 10.4. The molecule has 0 atom stereocenters. The first-order valence-corrected chi connectivity index (χ1v) is 8.18. The summed E-state index contributed by atoms with van der Waals surface area (Å²) in [5.74, 6) is 0.268. The lowest BCUT2D eigenvalue weighted by Gasteiger charge is -2.09. The van der Waals surface area contributed by atoms with E-state index < -0.39 is 11.9 Å². The lowest BCUT2D eigenvalue weighted by Crippen LogP contribution is -2.20. The molecular weight excluding hydrogens is 318 g/mol. The van der Waals surface area contributed by atoms with Crippen LogP contribution in [0.2, 0.25) is 0 Å². The summed E-state index contributed by atoms with van der Waals surface area (Å²) in [5, 5.41) is 2.66. The van der Waals surface area contributed by atoms with Crippen LogP contribution in [-0.4, -0.2) is 25.6 Å². The zero-order valence-electron chi connectivity index (χ0n) is 14.7. The maximum Gasteiger partial charge on any atom is 0.338 e. The third-order valence-electron chi connectivity index (χ3n) is 3.52. The van der Waals surface area contributed by atoms with E-state index in [9.17, 15) is 9.59 Å². The fourth-order valence-corrected chi connectivity index (χ4v) is 2.36. The molecule has 2 aromatic rings. The van der Waals surface area contributed by atoms with Crippen LogP contribution in [0.3, 0.4) is 0 Å². The van der Waals surface area contributed by atoms with Crippen molar-refractivity contribution in [3.63, 3.8) is 0 Å². The summed E-state index contributed by atoms with van der Waals surface area (Å²) < 4.78 is 10.1. The number of esters is 1. The number of ether oxygens (including phenoxy) is 2. The summed E-state index contributed by atoms with van der Waals surface area (Å²) in [6, 6.07) is 14.2. The summed E-state index contributed by atoms with van der Waals surface area (Å²) in [6.45, 7) is 3.94. The molecule has 0 aliphatic carbocycles. The fraction of sp³-hybridized carbons (Fsp3) is 0.300. The van der Waals surface area contributed by atoms with Gasteiger partial charge in [-0.2, -0.15) is 0 Å². The van der Waals surface area contributed by atoms with Gasteiger partial charge in [0, 0.05) is 11.8 Å². The first-order valence-electron chi connectivity index (χ1n) is 8.18. The molecule has 0 aliphatic rings. The molecule has 0 bridgehead atoms. The van der Waals surface area contributed by atoms with Crippen LogP contribution in [-0.2, 0) is 16.0 Å². The summed E-state index contributed by atoms with van der Waals surface area (Å²) in [7, 11) is 1.55. The number of carbonyl (C=O) groups is 2. The first kappa shape index (κ1) is 18.5. The van der Waals surface area contributed by atoms with Crippen molar-refractivity contribution in [3.8, 4) is 5.75 Å². The average Bonchev–Trinajstić information content (AvgIpc) is 2.60. The van der Waals surface area contributed by atoms with Gasteiger partial charge in [-0.1, -0.05) is 32.0 Å². The van der Waals surface area contributed by atoms with Crippen LogP contribution in [0, 0.1) is 5.92 Å². The highest BCUT2D eigenvalue weighted by Crippen LogP contribution is 2.16. The van der Waals surface area contributed by atoms with Crippen LogP contribution in [0.25, 0.3) is 0 Å². The van der Waals surface area contributed by atoms with Gasteiger partial charge in [-0.05, 0) is 42.2 Å². The standard InChI is InChI=1S/C20H23NO4/c1-14(2)11-15-7-9-16(10-8-15)20(23)25-13-19(22)21-17-5-4-6-18(12-17)24-3/h4-10,12,14H,11,13H2,1-3H3,(H,21,22). The second-order valence-corrected chi connectivity index (χ2v) is 6.15. The van der Waals surface area contributed by atoms with Gasteiger partial charge in [0.2, 0.25) is 0 Å². The van der Waals surface area contributed by atoms with E-state index in [4.69, 9.17) is 9.47 Å². The van der Waals surface area contributed by atoms with Gasteiger partial charge >= 0.3 is 5.97 Å². The van der Waals surface area contributed by atoms with Gasteiger partial charge < -0.3 is 14.8 Å². The Labute approximate surface area is 148 Å². The predicted octanol–water partition coefficient (Wildman–Crippen LogP) is 3.69. The van der Waals surface area contributed by atoms with Crippen LogP contribution in [0.1, 0.15) is 29.8 Å². The lowest BCUT2D eigenvalue weighted by atomic mass is 10.0. The Morgan fingerprint density at radius 2 is 1.80 bits per heavy atom. The molecule has 2 rings (SSSR count). The Morgan fingerprint density at radius 1 is 1.08 bits per heavy atom. The van der Waals surface area contributed by atoms with Gasteiger partial charge in [-0.15, -0.1) is 0 Å². The van der Waals surface area contributed by atoms with Crippen molar-refractivity contribution in [2.24, 2.45) is 5.92 Å². The van der Waals surface area contributed by atoms with E-state index in [-0.39, 0.29) is 6.61 Å². The molecule has 0 saturated carbocycles. The topological polar surface area (TPSA) is 64.6 Å². The number of rotatable bonds is 7. The molecule has 0 heterocycles. The van der Waals surface area contributed by atoms with Crippen molar-refractivity contribution in [3.05, 3.63) is 59.7 Å². The molecule has 2 aromatic carbocycles. The summed E-state index contributed by atoms with van der Waals surface area (Å²) in [4.78, 5) is 23.9. The van der Waals surface area contributed by atoms with Crippen LogP contribution < -0.4 is 10.1 Å². The van der Waals surface area contributed by atoms with Crippen molar-refractivity contribution < 1.29 is 19.1 Å². The number of hydrogen-bond donors (Lipinski definition) is 1. The molecule has 5 nitrogen and oxygen atoms in total. The van der Waals surface area contributed by atoms with E-state index >= 15 is 0 Å². The van der Waals surface area contributed by atoms with E-state index in [2.05, 4.69) is 19.2 Å². The molecule has 132 valence electrons. The molecule has 0 aliphatic heterocycles. The molecule has 5 heteroatoms. The minimum Gasteiger partial charge on any atom is -0.497 e. The number of methoxy groups -OCH3 is 1. The molecule has 0 saturated heterocycles. The summed E-state index contributed by atoms with van der Waals surface area (Å²) in [5.41, 5.74) is 2.18. The number of anilines is 1. The van der Waals surface area contributed by atoms with Crippen LogP contribution in [0.5, 0.6) is 5.75 Å². The number of hydrogen-bond acceptors (Lipinski definition) is 4. The predicted molar refractivity (Wildman–Crippen MR) is 96.9 cm³/mol. The zero-order chi connectivity index (χ0) is 18.2. The number of amides is 1. The average molecular weight is 341 g/mol. The molecule has 0 radical (unpaired) electrons. The third-order valence-corrected chi connectivity index (χ3v) is 3.52. The highest BCUT2D eigenvalue weighted by atomic mass is 16.5. The lowest BCUT2D eigenvalue weighted by molar-refractivity contribution is -0.119. The second-order valence-electron chi connectivity index (χ2n) is 6.15. The van der Waals surface area contributed by atoms with E-state index in [0.29, 0.717) is 22.9 Å². The van der Waals surface area contributed by atoms with E-state index in [1.54, 1.807) is 43.5 Å². The fourth-order valence-electron chi connectivity index (χ4n) is 2.36. The molecule has 0 spiro atoms. The number of nitrogens with one attached hydrogen (secondary N) is 1. The minimum absolute atomic E-state index is 0.343. The van der Waals surface area contributed by atoms with E-state index in [1.807, 2.05) is 12.1 Å². The highest BCUT2D eigenvalue weighted by molar-refractivity contribution is 5.95.